The fourth-order valence-corrected chi connectivity index (χ4v) is 2.82. The molecule has 5 nitrogen and oxygen atoms in total. The van der Waals surface area contributed by atoms with Gasteiger partial charge in [-0.2, -0.15) is 4.98 Å². The van der Waals surface area contributed by atoms with Crippen LogP contribution in [0.15, 0.2) is 77.3 Å². The number of ether oxygens (including phenoxy) is 2. The molecule has 0 unspecified atom stereocenters. The first kappa shape index (κ1) is 18.7. The van der Waals surface area contributed by atoms with Gasteiger partial charge in [0.2, 0.25) is 5.82 Å². The molecule has 0 aliphatic heterocycles. The van der Waals surface area contributed by atoms with Crippen LogP contribution in [0, 0.1) is 5.82 Å². The highest BCUT2D eigenvalue weighted by Gasteiger charge is 2.11. The maximum Gasteiger partial charge on any atom is 0.258 e. The van der Waals surface area contributed by atoms with Crippen molar-refractivity contribution in [2.75, 3.05) is 6.61 Å². The Bertz CT molecular complexity index is 1080. The van der Waals surface area contributed by atoms with Crippen LogP contribution in [-0.4, -0.2) is 16.7 Å². The largest absolute Gasteiger partial charge is 0.494 e. The van der Waals surface area contributed by atoms with Crippen LogP contribution in [-0.2, 0) is 6.61 Å². The summed E-state index contributed by atoms with van der Waals surface area (Å²) in [7, 11) is 0. The van der Waals surface area contributed by atoms with E-state index in [1.54, 1.807) is 12.1 Å². The minimum absolute atomic E-state index is 0.308. The number of aromatic nitrogens is 2. The summed E-state index contributed by atoms with van der Waals surface area (Å²) in [6.45, 7) is 2.98. The molecular formula is C23H19FN2O3. The van der Waals surface area contributed by atoms with Crippen LogP contribution in [0.25, 0.3) is 22.8 Å². The Labute approximate surface area is 167 Å². The van der Waals surface area contributed by atoms with Crippen molar-refractivity contribution in [3.05, 3.63) is 84.2 Å². The Morgan fingerprint density at radius 3 is 2.31 bits per heavy atom. The Kier molecular flexibility index (Phi) is 5.52. The van der Waals surface area contributed by atoms with Crippen LogP contribution >= 0.6 is 0 Å². The molecule has 0 aliphatic rings. The maximum absolute atomic E-state index is 13.1. The van der Waals surface area contributed by atoms with Crippen LogP contribution in [0.4, 0.5) is 4.39 Å². The minimum Gasteiger partial charge on any atom is -0.494 e. The summed E-state index contributed by atoms with van der Waals surface area (Å²) in [5.74, 6) is 2.08. The second kappa shape index (κ2) is 8.56. The van der Waals surface area contributed by atoms with Crippen molar-refractivity contribution in [2.45, 2.75) is 13.5 Å². The molecule has 0 N–H and O–H groups in total. The highest BCUT2D eigenvalue weighted by Crippen LogP contribution is 2.24. The lowest BCUT2D eigenvalue weighted by molar-refractivity contribution is 0.304. The van der Waals surface area contributed by atoms with Crippen LogP contribution in [0.1, 0.15) is 12.5 Å². The van der Waals surface area contributed by atoms with E-state index in [4.69, 9.17) is 14.0 Å². The Morgan fingerprint density at radius 2 is 1.59 bits per heavy atom. The summed E-state index contributed by atoms with van der Waals surface area (Å²) < 4.78 is 29.7. The van der Waals surface area contributed by atoms with Crippen LogP contribution in [0.3, 0.4) is 0 Å². The van der Waals surface area contributed by atoms with E-state index in [1.807, 2.05) is 55.5 Å². The van der Waals surface area contributed by atoms with Crippen LogP contribution in [0.2, 0.25) is 0 Å². The first-order valence-electron chi connectivity index (χ1n) is 9.26. The van der Waals surface area contributed by atoms with Gasteiger partial charge in [0.05, 0.1) is 6.61 Å². The normalized spacial score (nSPS) is 10.7. The van der Waals surface area contributed by atoms with Crippen molar-refractivity contribution in [2.24, 2.45) is 0 Å². The molecule has 4 aromatic rings. The van der Waals surface area contributed by atoms with Gasteiger partial charge in [-0.1, -0.05) is 17.3 Å². The lowest BCUT2D eigenvalue weighted by Crippen LogP contribution is -1.96. The zero-order chi connectivity index (χ0) is 20.1. The highest BCUT2D eigenvalue weighted by atomic mass is 19.1. The molecule has 0 aliphatic carbocycles. The zero-order valence-corrected chi connectivity index (χ0v) is 15.8. The fraction of sp³-hybridized carbons (Fsp3) is 0.130. The molecule has 1 aromatic heterocycles. The third-order valence-corrected chi connectivity index (χ3v) is 4.24. The maximum atomic E-state index is 13.1. The molecule has 4 rings (SSSR count). The van der Waals surface area contributed by atoms with Crippen molar-refractivity contribution in [1.29, 1.82) is 0 Å². The van der Waals surface area contributed by atoms with Gasteiger partial charge in [-0.05, 0) is 73.2 Å². The van der Waals surface area contributed by atoms with E-state index in [0.717, 1.165) is 22.6 Å². The quantitative estimate of drug-likeness (QED) is 0.416. The van der Waals surface area contributed by atoms with E-state index in [2.05, 4.69) is 10.1 Å². The lowest BCUT2D eigenvalue weighted by atomic mass is 10.1. The standard InChI is InChI=1S/C23H19FN2O3/c1-2-27-20-10-12-21(13-11-20)28-15-16-4-3-5-18(14-16)23-25-22(26-29-23)17-6-8-19(24)9-7-17/h3-14H,2,15H2,1H3. The van der Waals surface area contributed by atoms with Crippen molar-refractivity contribution >= 4 is 0 Å². The molecule has 146 valence electrons. The molecule has 6 heteroatoms. The lowest BCUT2D eigenvalue weighted by Gasteiger charge is -2.08. The second-order valence-corrected chi connectivity index (χ2v) is 6.32. The van der Waals surface area contributed by atoms with E-state index in [9.17, 15) is 4.39 Å². The Hall–Kier alpha value is -3.67. The van der Waals surface area contributed by atoms with Crippen molar-refractivity contribution in [3.8, 4) is 34.3 Å². The average Bonchev–Trinajstić information content (AvgIpc) is 3.25. The third kappa shape index (κ3) is 4.60. The van der Waals surface area contributed by atoms with Crippen molar-refractivity contribution in [1.82, 2.24) is 10.1 Å². The van der Waals surface area contributed by atoms with E-state index < -0.39 is 0 Å². The van der Waals surface area contributed by atoms with Gasteiger partial charge in [0.25, 0.3) is 5.89 Å². The number of nitrogens with zero attached hydrogens (tertiary/aromatic N) is 2. The predicted molar refractivity (Wildman–Crippen MR) is 107 cm³/mol. The van der Waals surface area contributed by atoms with E-state index in [-0.39, 0.29) is 5.82 Å². The molecule has 1 heterocycles. The first-order valence-corrected chi connectivity index (χ1v) is 9.26. The second-order valence-electron chi connectivity index (χ2n) is 6.32. The van der Waals surface area contributed by atoms with E-state index >= 15 is 0 Å². The summed E-state index contributed by atoms with van der Waals surface area (Å²) in [5.41, 5.74) is 2.45. The van der Waals surface area contributed by atoms with Gasteiger partial charge in [-0.25, -0.2) is 4.39 Å². The van der Waals surface area contributed by atoms with Gasteiger partial charge in [0.15, 0.2) is 0 Å². The van der Waals surface area contributed by atoms with Gasteiger partial charge < -0.3 is 14.0 Å². The number of rotatable bonds is 7. The fourth-order valence-electron chi connectivity index (χ4n) is 2.82. The number of benzene rings is 3. The molecule has 0 atom stereocenters. The number of hydrogen-bond donors (Lipinski definition) is 0. The number of halogens is 1. The third-order valence-electron chi connectivity index (χ3n) is 4.24. The van der Waals surface area contributed by atoms with Crippen molar-refractivity contribution < 1.29 is 18.4 Å². The van der Waals surface area contributed by atoms with Gasteiger partial charge in [-0.3, -0.25) is 0 Å². The molecule has 0 spiro atoms. The summed E-state index contributed by atoms with van der Waals surface area (Å²) in [5, 5.41) is 3.99. The highest BCUT2D eigenvalue weighted by molar-refractivity contribution is 5.60. The van der Waals surface area contributed by atoms with Gasteiger partial charge >= 0.3 is 0 Å². The first-order chi connectivity index (χ1) is 14.2. The van der Waals surface area contributed by atoms with E-state index in [0.29, 0.717) is 30.5 Å². The van der Waals surface area contributed by atoms with Crippen LogP contribution in [0.5, 0.6) is 11.5 Å². The topological polar surface area (TPSA) is 57.4 Å². The van der Waals surface area contributed by atoms with E-state index in [1.165, 1.54) is 12.1 Å². The Morgan fingerprint density at radius 1 is 0.862 bits per heavy atom. The minimum atomic E-state index is -0.308. The van der Waals surface area contributed by atoms with Crippen LogP contribution < -0.4 is 9.47 Å². The smallest absolute Gasteiger partial charge is 0.258 e. The molecule has 0 fully saturated rings. The zero-order valence-electron chi connectivity index (χ0n) is 15.8. The molecular weight excluding hydrogens is 371 g/mol. The molecule has 29 heavy (non-hydrogen) atoms. The monoisotopic (exact) mass is 390 g/mol. The SMILES string of the molecule is CCOc1ccc(OCc2cccc(-c3nc(-c4ccc(F)cc4)no3)c2)cc1. The molecule has 0 amide bonds. The van der Waals surface area contributed by atoms with Gasteiger partial charge in [0.1, 0.15) is 23.9 Å². The summed E-state index contributed by atoms with van der Waals surface area (Å²) in [6, 6.07) is 21.2. The average molecular weight is 390 g/mol. The van der Waals surface area contributed by atoms with Gasteiger partial charge in [0, 0.05) is 11.1 Å². The predicted octanol–water partition coefficient (Wildman–Crippen LogP) is 5.52. The van der Waals surface area contributed by atoms with Crippen molar-refractivity contribution in [3.63, 3.8) is 0 Å². The number of hydrogen-bond acceptors (Lipinski definition) is 5. The summed E-state index contributed by atoms with van der Waals surface area (Å²) in [6.07, 6.45) is 0. The molecule has 0 bridgehead atoms. The molecule has 0 radical (unpaired) electrons. The molecule has 3 aromatic carbocycles. The summed E-state index contributed by atoms with van der Waals surface area (Å²) >= 11 is 0. The molecule has 0 saturated carbocycles. The summed E-state index contributed by atoms with van der Waals surface area (Å²) in [4.78, 5) is 4.41. The molecule has 0 saturated heterocycles. The Balaban J connectivity index is 1.45. The van der Waals surface area contributed by atoms with Gasteiger partial charge in [-0.15, -0.1) is 0 Å².